The smallest absolute Gasteiger partial charge is 0.123 e. The fourth-order valence-electron chi connectivity index (χ4n) is 1.62. The molecule has 1 nitrogen and oxygen atoms in total. The number of hydrogen-bond acceptors (Lipinski definition) is 1. The van der Waals surface area contributed by atoms with Crippen molar-refractivity contribution in [3.63, 3.8) is 0 Å². The highest BCUT2D eigenvalue weighted by atomic mass is 79.9. The van der Waals surface area contributed by atoms with Crippen molar-refractivity contribution in [3.05, 3.63) is 34.9 Å². The van der Waals surface area contributed by atoms with Crippen molar-refractivity contribution in [3.8, 4) is 0 Å². The molecule has 3 rings (SSSR count). The summed E-state index contributed by atoms with van der Waals surface area (Å²) >= 11 is 9.38. The predicted molar refractivity (Wildman–Crippen MR) is 65.1 cm³/mol. The van der Waals surface area contributed by atoms with Gasteiger partial charge in [-0.05, 0) is 37.0 Å². The van der Waals surface area contributed by atoms with E-state index < -0.39 is 0 Å². The zero-order valence-electron chi connectivity index (χ0n) is 7.66. The van der Waals surface area contributed by atoms with Crippen LogP contribution in [0.4, 0.5) is 0 Å². The first-order valence-electron chi connectivity index (χ1n) is 4.69. The number of nitrogens with zero attached hydrogens (tertiary/aromatic N) is 1. The molecule has 1 fully saturated rings. The normalized spacial score (nSPS) is 31.3. The molecule has 0 saturated heterocycles. The van der Waals surface area contributed by atoms with Gasteiger partial charge in [-0.1, -0.05) is 39.7 Å². The Bertz CT molecular complexity index is 335. The third-order valence-corrected chi connectivity index (χ3v) is 3.23. The van der Waals surface area contributed by atoms with E-state index in [2.05, 4.69) is 33.1 Å². The number of aliphatic imine (C=N–C) groups is 1. The summed E-state index contributed by atoms with van der Waals surface area (Å²) in [6, 6.07) is 0.429. The lowest BCUT2D eigenvalue weighted by molar-refractivity contribution is 0.326. The Kier molecular flexibility index (Phi) is 3.24. The van der Waals surface area contributed by atoms with E-state index in [0.29, 0.717) is 17.1 Å². The van der Waals surface area contributed by atoms with Gasteiger partial charge in [0, 0.05) is 4.48 Å². The molecule has 0 radical (unpaired) electrons. The van der Waals surface area contributed by atoms with Crippen molar-refractivity contribution in [1.82, 2.24) is 0 Å². The molecule has 3 heteroatoms. The summed E-state index contributed by atoms with van der Waals surface area (Å²) in [6.45, 7) is 0. The van der Waals surface area contributed by atoms with Gasteiger partial charge in [-0.2, -0.15) is 0 Å². The van der Waals surface area contributed by atoms with Crippen LogP contribution in [0.5, 0.6) is 0 Å². The molecule has 0 spiro atoms. The molecule has 2 bridgehead atoms. The Morgan fingerprint density at radius 1 is 1.36 bits per heavy atom. The average molecular weight is 273 g/mol. The second-order valence-corrected chi connectivity index (χ2v) is 4.91. The van der Waals surface area contributed by atoms with E-state index >= 15 is 0 Å². The Morgan fingerprint density at radius 3 is 2.93 bits per heavy atom. The molecule has 0 aromatic heterocycles. The molecule has 14 heavy (non-hydrogen) atoms. The zero-order chi connectivity index (χ0) is 9.97. The highest BCUT2D eigenvalue weighted by Crippen LogP contribution is 2.32. The summed E-state index contributed by atoms with van der Waals surface area (Å²) in [6.07, 6.45) is 12.4. The molecular formula is C11H11BrClN. The Balaban J connectivity index is 2.20. The number of fused-ring (bicyclic) bond motifs is 3. The number of rotatable bonds is 0. The standard InChI is InChI=1S/C11H11BrClN/c12-9-3-1-2-8-6-10(7-8)14-11(13)5-4-9/h1-5,8,10H,6-7H2. The Hall–Kier alpha value is -0.340. The summed E-state index contributed by atoms with van der Waals surface area (Å²) in [5.74, 6) is 0.683. The fraction of sp³-hybridized carbons (Fsp3) is 0.364. The van der Waals surface area contributed by atoms with E-state index in [0.717, 1.165) is 17.3 Å². The van der Waals surface area contributed by atoms with Crippen LogP contribution in [0, 0.1) is 5.92 Å². The minimum Gasteiger partial charge on any atom is -0.270 e. The Morgan fingerprint density at radius 2 is 2.14 bits per heavy atom. The SMILES string of the molecule is ClC1=NC2CC(C=CC=C(Br)C=C1)C2. The number of hydrogen-bond donors (Lipinski definition) is 0. The lowest BCUT2D eigenvalue weighted by Gasteiger charge is -2.30. The van der Waals surface area contributed by atoms with Crippen molar-refractivity contribution in [2.75, 3.05) is 0 Å². The molecule has 3 aliphatic rings. The van der Waals surface area contributed by atoms with E-state index in [9.17, 15) is 0 Å². The van der Waals surface area contributed by atoms with Gasteiger partial charge >= 0.3 is 0 Å². The van der Waals surface area contributed by atoms with Crippen molar-refractivity contribution in [2.45, 2.75) is 18.9 Å². The first-order valence-corrected chi connectivity index (χ1v) is 5.86. The largest absolute Gasteiger partial charge is 0.270 e. The molecule has 74 valence electrons. The van der Waals surface area contributed by atoms with Crippen LogP contribution in [-0.4, -0.2) is 11.2 Å². The van der Waals surface area contributed by atoms with Crippen LogP contribution in [0.2, 0.25) is 0 Å². The first-order chi connectivity index (χ1) is 6.74. The molecule has 1 aliphatic carbocycles. The number of halogens is 2. The van der Waals surface area contributed by atoms with E-state index in [4.69, 9.17) is 11.6 Å². The molecule has 0 atom stereocenters. The second-order valence-electron chi connectivity index (χ2n) is 3.61. The van der Waals surface area contributed by atoms with Crippen molar-refractivity contribution in [2.24, 2.45) is 10.9 Å². The van der Waals surface area contributed by atoms with Gasteiger partial charge in [-0.15, -0.1) is 0 Å². The van der Waals surface area contributed by atoms with Crippen LogP contribution in [-0.2, 0) is 0 Å². The summed E-state index contributed by atoms with van der Waals surface area (Å²) in [4.78, 5) is 4.39. The molecule has 1 saturated carbocycles. The van der Waals surface area contributed by atoms with Gasteiger partial charge < -0.3 is 0 Å². The molecule has 0 N–H and O–H groups in total. The second kappa shape index (κ2) is 4.45. The highest BCUT2D eigenvalue weighted by molar-refractivity contribution is 9.11. The summed E-state index contributed by atoms with van der Waals surface area (Å²) in [5, 5.41) is 0.598. The molecule has 0 aromatic carbocycles. The van der Waals surface area contributed by atoms with Gasteiger partial charge in [0.15, 0.2) is 0 Å². The molecule has 2 aliphatic heterocycles. The van der Waals surface area contributed by atoms with Gasteiger partial charge in [-0.25, -0.2) is 0 Å². The zero-order valence-corrected chi connectivity index (χ0v) is 10.0. The van der Waals surface area contributed by atoms with Gasteiger partial charge in [0.25, 0.3) is 0 Å². The minimum absolute atomic E-state index is 0.429. The van der Waals surface area contributed by atoms with Gasteiger partial charge in [0.1, 0.15) is 5.17 Å². The van der Waals surface area contributed by atoms with Gasteiger partial charge in [0.05, 0.1) is 6.04 Å². The van der Waals surface area contributed by atoms with Gasteiger partial charge in [-0.3, -0.25) is 4.99 Å². The van der Waals surface area contributed by atoms with Crippen molar-refractivity contribution in [1.29, 1.82) is 0 Å². The first kappa shape index (κ1) is 10.2. The lowest BCUT2D eigenvalue weighted by Crippen LogP contribution is -2.26. The van der Waals surface area contributed by atoms with Crippen LogP contribution in [0.25, 0.3) is 0 Å². The molecule has 2 heterocycles. The third-order valence-electron chi connectivity index (χ3n) is 2.47. The average Bonchev–Trinajstić information content (AvgIpc) is 2.13. The number of allylic oxidation sites excluding steroid dienone is 6. The maximum Gasteiger partial charge on any atom is 0.123 e. The highest BCUT2D eigenvalue weighted by Gasteiger charge is 2.26. The predicted octanol–water partition coefficient (Wildman–Crippen LogP) is 3.81. The van der Waals surface area contributed by atoms with E-state index in [1.807, 2.05) is 18.2 Å². The topological polar surface area (TPSA) is 12.4 Å². The Labute approximate surface area is 97.4 Å². The maximum absolute atomic E-state index is 5.95. The quantitative estimate of drug-likeness (QED) is 0.636. The summed E-state index contributed by atoms with van der Waals surface area (Å²) < 4.78 is 1.02. The van der Waals surface area contributed by atoms with E-state index in [1.54, 1.807) is 0 Å². The maximum atomic E-state index is 5.95. The fourth-order valence-corrected chi connectivity index (χ4v) is 2.10. The van der Waals surface area contributed by atoms with Crippen LogP contribution in [0.15, 0.2) is 39.9 Å². The van der Waals surface area contributed by atoms with Crippen LogP contribution in [0.3, 0.4) is 0 Å². The molecule has 0 amide bonds. The van der Waals surface area contributed by atoms with Gasteiger partial charge in [0.2, 0.25) is 0 Å². The van der Waals surface area contributed by atoms with Crippen molar-refractivity contribution >= 4 is 32.7 Å². The van der Waals surface area contributed by atoms with Crippen molar-refractivity contribution < 1.29 is 0 Å². The van der Waals surface area contributed by atoms with Crippen LogP contribution < -0.4 is 0 Å². The summed E-state index contributed by atoms with van der Waals surface area (Å²) in [7, 11) is 0. The third kappa shape index (κ3) is 2.58. The molecule has 0 aromatic rings. The van der Waals surface area contributed by atoms with E-state index in [1.165, 1.54) is 0 Å². The molecule has 0 unspecified atom stereocenters. The monoisotopic (exact) mass is 271 g/mol. The molecular weight excluding hydrogens is 261 g/mol. The van der Waals surface area contributed by atoms with Crippen LogP contribution >= 0.6 is 27.5 Å². The minimum atomic E-state index is 0.429. The lowest BCUT2D eigenvalue weighted by atomic mass is 9.80. The van der Waals surface area contributed by atoms with E-state index in [-0.39, 0.29) is 0 Å². The summed E-state index contributed by atoms with van der Waals surface area (Å²) in [5.41, 5.74) is 0. The van der Waals surface area contributed by atoms with Crippen LogP contribution in [0.1, 0.15) is 12.8 Å².